The topological polar surface area (TPSA) is 47.6 Å². The molecule has 25 heavy (non-hydrogen) atoms. The number of ether oxygens (including phenoxy) is 2. The summed E-state index contributed by atoms with van der Waals surface area (Å²) in [6.45, 7) is 15.4. The van der Waals surface area contributed by atoms with Gasteiger partial charge in [0.1, 0.15) is 11.4 Å². The molecule has 0 bridgehead atoms. The zero-order valence-electron chi connectivity index (χ0n) is 17.0. The molecule has 1 rings (SSSR count). The summed E-state index contributed by atoms with van der Waals surface area (Å²) in [6.07, 6.45) is 2.83. The zero-order chi connectivity index (χ0) is 19.0. The molecular weight excluding hydrogens is 314 g/mol. The number of carbonyl (C=O) groups is 1. The maximum absolute atomic E-state index is 12.8. The van der Waals surface area contributed by atoms with Crippen LogP contribution in [-0.2, 0) is 9.53 Å². The monoisotopic (exact) mass is 349 g/mol. The van der Waals surface area contributed by atoms with Crippen molar-refractivity contribution in [2.45, 2.75) is 73.3 Å². The largest absolute Gasteiger partial charge is 0.493 e. The minimum absolute atomic E-state index is 0.0958. The van der Waals surface area contributed by atoms with Crippen molar-refractivity contribution in [2.24, 2.45) is 5.92 Å². The van der Waals surface area contributed by atoms with Crippen LogP contribution in [0.5, 0.6) is 5.75 Å². The van der Waals surface area contributed by atoms with Crippen LogP contribution < -0.4 is 10.1 Å². The Morgan fingerprint density at radius 3 is 2.28 bits per heavy atom. The van der Waals surface area contributed by atoms with Gasteiger partial charge in [0.25, 0.3) is 5.91 Å². The maximum Gasteiger partial charge on any atom is 0.256 e. The molecule has 0 aliphatic heterocycles. The average molecular weight is 350 g/mol. The number of nitrogens with one attached hydrogen (secondary N) is 1. The molecule has 1 aromatic rings. The van der Waals surface area contributed by atoms with Crippen molar-refractivity contribution < 1.29 is 14.3 Å². The highest BCUT2D eigenvalue weighted by Crippen LogP contribution is 2.29. The number of anilines is 1. The predicted octanol–water partition coefficient (Wildman–Crippen LogP) is 5.26. The van der Waals surface area contributed by atoms with Crippen LogP contribution in [0, 0.1) is 19.8 Å². The van der Waals surface area contributed by atoms with Gasteiger partial charge < -0.3 is 14.8 Å². The summed E-state index contributed by atoms with van der Waals surface area (Å²) >= 11 is 0. The predicted molar refractivity (Wildman–Crippen MR) is 104 cm³/mol. The zero-order valence-corrected chi connectivity index (χ0v) is 17.0. The van der Waals surface area contributed by atoms with Gasteiger partial charge in [0.2, 0.25) is 0 Å². The van der Waals surface area contributed by atoms with Crippen molar-refractivity contribution in [3.63, 3.8) is 0 Å². The average Bonchev–Trinajstić information content (AvgIpc) is 2.49. The summed E-state index contributed by atoms with van der Waals surface area (Å²) in [7, 11) is 0. The van der Waals surface area contributed by atoms with Crippen LogP contribution in [0.3, 0.4) is 0 Å². The van der Waals surface area contributed by atoms with Gasteiger partial charge in [0, 0.05) is 12.3 Å². The van der Waals surface area contributed by atoms with E-state index in [-0.39, 0.29) is 5.91 Å². The van der Waals surface area contributed by atoms with E-state index in [1.807, 2.05) is 39.8 Å². The van der Waals surface area contributed by atoms with Crippen molar-refractivity contribution >= 4 is 11.6 Å². The van der Waals surface area contributed by atoms with E-state index in [0.717, 1.165) is 42.0 Å². The summed E-state index contributed by atoms with van der Waals surface area (Å²) in [6, 6.07) is 3.93. The third kappa shape index (κ3) is 6.35. The highest BCUT2D eigenvalue weighted by molar-refractivity contribution is 5.97. The van der Waals surface area contributed by atoms with Crippen molar-refractivity contribution in [3.8, 4) is 5.75 Å². The molecule has 0 unspecified atom stereocenters. The molecule has 1 atom stereocenters. The van der Waals surface area contributed by atoms with Gasteiger partial charge in [-0.05, 0) is 69.7 Å². The second-order valence-electron chi connectivity index (χ2n) is 7.36. The number of rotatable bonds is 10. The van der Waals surface area contributed by atoms with E-state index in [9.17, 15) is 4.79 Å². The fourth-order valence-corrected chi connectivity index (χ4v) is 3.15. The number of aryl methyl sites for hydroxylation is 2. The van der Waals surface area contributed by atoms with E-state index >= 15 is 0 Å². The molecule has 0 heterocycles. The molecule has 0 aromatic heterocycles. The molecule has 0 aliphatic carbocycles. The first kappa shape index (κ1) is 21.5. The lowest BCUT2D eigenvalue weighted by atomic mass is 9.93. The van der Waals surface area contributed by atoms with Crippen LogP contribution in [0.4, 0.5) is 5.69 Å². The summed E-state index contributed by atoms with van der Waals surface area (Å²) in [5.74, 6) is 1.20. The van der Waals surface area contributed by atoms with E-state index in [2.05, 4.69) is 26.1 Å². The molecule has 0 saturated carbocycles. The molecule has 142 valence electrons. The van der Waals surface area contributed by atoms with Crippen LogP contribution in [0.1, 0.15) is 65.0 Å². The van der Waals surface area contributed by atoms with E-state index in [1.165, 1.54) is 0 Å². The third-order valence-corrected chi connectivity index (χ3v) is 4.20. The van der Waals surface area contributed by atoms with Crippen LogP contribution in [0.15, 0.2) is 12.1 Å². The Labute approximate surface area is 153 Å². The summed E-state index contributed by atoms with van der Waals surface area (Å²) in [5, 5.41) is 3.03. The van der Waals surface area contributed by atoms with E-state index in [4.69, 9.17) is 9.47 Å². The Morgan fingerprint density at radius 2 is 1.80 bits per heavy atom. The van der Waals surface area contributed by atoms with Crippen LogP contribution in [0.25, 0.3) is 0 Å². The Balaban J connectivity index is 2.92. The number of hydrogen-bond acceptors (Lipinski definition) is 3. The summed E-state index contributed by atoms with van der Waals surface area (Å²) in [5.41, 5.74) is 2.04. The van der Waals surface area contributed by atoms with Crippen molar-refractivity contribution in [1.82, 2.24) is 0 Å². The molecule has 0 radical (unpaired) electrons. The first-order chi connectivity index (χ1) is 11.7. The Bertz CT molecular complexity index is 545. The second kappa shape index (κ2) is 9.81. The lowest BCUT2D eigenvalue weighted by Gasteiger charge is -2.30. The maximum atomic E-state index is 12.8. The molecule has 0 spiro atoms. The van der Waals surface area contributed by atoms with Crippen LogP contribution in [0.2, 0.25) is 0 Å². The standard InChI is InChI=1S/C21H35NO3/c1-8-10-11-24-19-16(5)12-18(13-17(19)6)22-20(23)21(7,25-9-2)14-15(3)4/h12-13,15H,8-11,14H2,1-7H3,(H,22,23)/t21-/m0/s1. The fourth-order valence-electron chi connectivity index (χ4n) is 3.15. The Morgan fingerprint density at radius 1 is 1.20 bits per heavy atom. The molecule has 0 fully saturated rings. The number of amides is 1. The van der Waals surface area contributed by atoms with E-state index in [1.54, 1.807) is 0 Å². The fraction of sp³-hybridized carbons (Fsp3) is 0.667. The van der Waals surface area contributed by atoms with Gasteiger partial charge in [-0.15, -0.1) is 0 Å². The highest BCUT2D eigenvalue weighted by atomic mass is 16.5. The number of carbonyl (C=O) groups excluding carboxylic acids is 1. The van der Waals surface area contributed by atoms with E-state index in [0.29, 0.717) is 18.9 Å². The normalized spacial score (nSPS) is 13.6. The molecule has 4 nitrogen and oxygen atoms in total. The van der Waals surface area contributed by atoms with Gasteiger partial charge in [-0.25, -0.2) is 0 Å². The van der Waals surface area contributed by atoms with Crippen molar-refractivity contribution in [2.75, 3.05) is 18.5 Å². The van der Waals surface area contributed by atoms with Gasteiger partial charge in [0.15, 0.2) is 0 Å². The van der Waals surface area contributed by atoms with Crippen molar-refractivity contribution in [3.05, 3.63) is 23.3 Å². The lowest BCUT2D eigenvalue weighted by Crippen LogP contribution is -2.44. The quantitative estimate of drug-likeness (QED) is 0.586. The molecule has 1 aromatic carbocycles. The minimum atomic E-state index is -0.818. The SMILES string of the molecule is CCCCOc1c(C)cc(NC(=O)[C@](C)(CC(C)C)OCC)cc1C. The van der Waals surface area contributed by atoms with Gasteiger partial charge >= 0.3 is 0 Å². The van der Waals surface area contributed by atoms with Gasteiger partial charge in [0.05, 0.1) is 6.61 Å². The smallest absolute Gasteiger partial charge is 0.256 e. The highest BCUT2D eigenvalue weighted by Gasteiger charge is 2.34. The van der Waals surface area contributed by atoms with Crippen LogP contribution >= 0.6 is 0 Å². The lowest BCUT2D eigenvalue weighted by molar-refractivity contribution is -0.140. The molecular formula is C21H35NO3. The van der Waals surface area contributed by atoms with Crippen LogP contribution in [-0.4, -0.2) is 24.7 Å². The van der Waals surface area contributed by atoms with Gasteiger partial charge in [-0.1, -0.05) is 27.2 Å². The van der Waals surface area contributed by atoms with E-state index < -0.39 is 5.60 Å². The molecule has 0 saturated heterocycles. The third-order valence-electron chi connectivity index (χ3n) is 4.20. The summed E-state index contributed by atoms with van der Waals surface area (Å²) in [4.78, 5) is 12.8. The van der Waals surface area contributed by atoms with Crippen molar-refractivity contribution in [1.29, 1.82) is 0 Å². The Hall–Kier alpha value is -1.55. The Kier molecular flexibility index (Phi) is 8.43. The molecule has 1 N–H and O–H groups in total. The number of benzene rings is 1. The molecule has 4 heteroatoms. The first-order valence-electron chi connectivity index (χ1n) is 9.43. The van der Waals surface area contributed by atoms with Gasteiger partial charge in [-0.2, -0.15) is 0 Å². The molecule has 1 amide bonds. The molecule has 0 aliphatic rings. The second-order valence-corrected chi connectivity index (χ2v) is 7.36. The van der Waals surface area contributed by atoms with Gasteiger partial charge in [-0.3, -0.25) is 4.79 Å². The number of hydrogen-bond donors (Lipinski definition) is 1. The minimum Gasteiger partial charge on any atom is -0.493 e. The number of unbranched alkanes of at least 4 members (excludes halogenated alkanes) is 1. The first-order valence-corrected chi connectivity index (χ1v) is 9.43. The summed E-state index contributed by atoms with van der Waals surface area (Å²) < 4.78 is 11.7.